The first-order valence-corrected chi connectivity index (χ1v) is 7.91. The van der Waals surface area contributed by atoms with E-state index in [1.54, 1.807) is 12.1 Å². The minimum atomic E-state index is -0.122. The van der Waals surface area contributed by atoms with Gasteiger partial charge in [0.1, 0.15) is 5.75 Å². The summed E-state index contributed by atoms with van der Waals surface area (Å²) < 4.78 is 5.60. The summed E-state index contributed by atoms with van der Waals surface area (Å²) in [6.45, 7) is 2.84. The zero-order valence-corrected chi connectivity index (χ0v) is 14.0. The van der Waals surface area contributed by atoms with Crippen LogP contribution in [-0.2, 0) is 0 Å². The van der Waals surface area contributed by atoms with E-state index >= 15 is 0 Å². The van der Waals surface area contributed by atoms with Crippen LogP contribution in [0.15, 0.2) is 48.5 Å². The van der Waals surface area contributed by atoms with E-state index in [-0.39, 0.29) is 5.91 Å². The van der Waals surface area contributed by atoms with Crippen LogP contribution >= 0.6 is 0 Å². The van der Waals surface area contributed by atoms with Gasteiger partial charge in [-0.3, -0.25) is 4.79 Å². The van der Waals surface area contributed by atoms with E-state index in [1.165, 1.54) is 0 Å². The summed E-state index contributed by atoms with van der Waals surface area (Å²) in [5.41, 5.74) is 2.49. The number of unbranched alkanes of at least 4 members (excludes halogenated alkanes) is 1. The largest absolute Gasteiger partial charge is 0.494 e. The smallest absolute Gasteiger partial charge is 0.255 e. The Morgan fingerprint density at radius 3 is 2.26 bits per heavy atom. The molecule has 1 N–H and O–H groups in total. The third kappa shape index (κ3) is 5.02. The van der Waals surface area contributed by atoms with Crippen molar-refractivity contribution in [3.8, 4) is 5.75 Å². The lowest BCUT2D eigenvalue weighted by Gasteiger charge is -2.13. The van der Waals surface area contributed by atoms with Gasteiger partial charge in [-0.1, -0.05) is 13.3 Å². The molecule has 4 nitrogen and oxygen atoms in total. The maximum atomic E-state index is 12.2. The Labute approximate surface area is 138 Å². The van der Waals surface area contributed by atoms with Gasteiger partial charge in [-0.25, -0.2) is 0 Å². The van der Waals surface area contributed by atoms with Gasteiger partial charge in [0, 0.05) is 31.0 Å². The number of hydrogen-bond donors (Lipinski definition) is 1. The molecule has 0 saturated carbocycles. The Kier molecular flexibility index (Phi) is 6.03. The molecule has 0 aliphatic rings. The summed E-state index contributed by atoms with van der Waals surface area (Å²) in [4.78, 5) is 14.3. The molecule has 0 aromatic heterocycles. The van der Waals surface area contributed by atoms with Crippen LogP contribution in [-0.4, -0.2) is 26.6 Å². The van der Waals surface area contributed by atoms with Crippen LogP contribution in [0.25, 0.3) is 0 Å². The third-order valence-electron chi connectivity index (χ3n) is 3.52. The molecule has 23 heavy (non-hydrogen) atoms. The van der Waals surface area contributed by atoms with Crippen molar-refractivity contribution in [2.75, 3.05) is 30.9 Å². The van der Waals surface area contributed by atoms with Gasteiger partial charge in [0.15, 0.2) is 0 Å². The number of ether oxygens (including phenoxy) is 1. The lowest BCUT2D eigenvalue weighted by molar-refractivity contribution is 0.102. The van der Waals surface area contributed by atoms with Gasteiger partial charge >= 0.3 is 0 Å². The second-order valence-corrected chi connectivity index (χ2v) is 5.62. The Morgan fingerprint density at radius 1 is 1.04 bits per heavy atom. The van der Waals surface area contributed by atoms with Gasteiger partial charge in [0.25, 0.3) is 5.91 Å². The fraction of sp³-hybridized carbons (Fsp3) is 0.316. The summed E-state index contributed by atoms with van der Waals surface area (Å²) >= 11 is 0. The van der Waals surface area contributed by atoms with Crippen LogP contribution in [0, 0.1) is 0 Å². The second-order valence-electron chi connectivity index (χ2n) is 5.62. The van der Waals surface area contributed by atoms with E-state index in [0.717, 1.165) is 30.0 Å². The number of rotatable bonds is 7. The molecule has 0 radical (unpaired) electrons. The molecule has 0 spiro atoms. The van der Waals surface area contributed by atoms with Crippen molar-refractivity contribution in [2.24, 2.45) is 0 Å². The maximum absolute atomic E-state index is 12.2. The number of amides is 1. The average molecular weight is 312 g/mol. The zero-order chi connectivity index (χ0) is 16.7. The Morgan fingerprint density at radius 2 is 1.70 bits per heavy atom. The molecule has 122 valence electrons. The highest BCUT2D eigenvalue weighted by atomic mass is 16.5. The van der Waals surface area contributed by atoms with Gasteiger partial charge in [-0.05, 0) is 55.0 Å². The van der Waals surface area contributed by atoms with E-state index in [4.69, 9.17) is 4.74 Å². The highest BCUT2D eigenvalue weighted by Gasteiger charge is 2.06. The molecule has 2 aromatic carbocycles. The Hall–Kier alpha value is -2.49. The van der Waals surface area contributed by atoms with E-state index < -0.39 is 0 Å². The van der Waals surface area contributed by atoms with Gasteiger partial charge in [0.05, 0.1) is 6.61 Å². The predicted octanol–water partition coefficient (Wildman–Crippen LogP) is 4.18. The first-order valence-electron chi connectivity index (χ1n) is 7.91. The molecule has 0 aliphatic heterocycles. The molecule has 0 atom stereocenters. The van der Waals surface area contributed by atoms with Crippen LogP contribution in [0.4, 0.5) is 11.4 Å². The molecule has 0 saturated heterocycles. The quantitative estimate of drug-likeness (QED) is 0.780. The molecule has 0 heterocycles. The second kappa shape index (κ2) is 8.22. The third-order valence-corrected chi connectivity index (χ3v) is 3.52. The van der Waals surface area contributed by atoms with E-state index in [1.807, 2.05) is 55.4 Å². The van der Waals surface area contributed by atoms with Crippen molar-refractivity contribution in [3.63, 3.8) is 0 Å². The number of anilines is 2. The number of carbonyl (C=O) groups excluding carboxylic acids is 1. The average Bonchev–Trinajstić information content (AvgIpc) is 2.56. The van der Waals surface area contributed by atoms with Crippen LogP contribution in [0.2, 0.25) is 0 Å². The standard InChI is InChI=1S/C19H24N2O2/c1-4-5-14-23-18-12-6-15(7-13-18)19(22)20-16-8-10-17(11-9-16)21(2)3/h6-13H,4-5,14H2,1-3H3,(H,20,22). The molecule has 0 aliphatic carbocycles. The normalized spacial score (nSPS) is 10.2. The maximum Gasteiger partial charge on any atom is 0.255 e. The molecular formula is C19H24N2O2. The molecular weight excluding hydrogens is 288 g/mol. The first kappa shape index (κ1) is 16.9. The molecule has 0 unspecified atom stereocenters. The van der Waals surface area contributed by atoms with Crippen molar-refractivity contribution in [1.29, 1.82) is 0 Å². The molecule has 2 aromatic rings. The number of carbonyl (C=O) groups is 1. The minimum Gasteiger partial charge on any atom is -0.494 e. The van der Waals surface area contributed by atoms with Crippen LogP contribution < -0.4 is 15.0 Å². The summed E-state index contributed by atoms with van der Waals surface area (Å²) in [6.07, 6.45) is 2.14. The Bertz CT molecular complexity index is 619. The molecule has 2 rings (SSSR count). The van der Waals surface area contributed by atoms with Crippen LogP contribution in [0.3, 0.4) is 0 Å². The lowest BCUT2D eigenvalue weighted by atomic mass is 10.2. The van der Waals surface area contributed by atoms with E-state index in [2.05, 4.69) is 12.2 Å². The van der Waals surface area contributed by atoms with Crippen molar-refractivity contribution in [1.82, 2.24) is 0 Å². The van der Waals surface area contributed by atoms with Gasteiger partial charge < -0.3 is 15.0 Å². The van der Waals surface area contributed by atoms with E-state index in [0.29, 0.717) is 12.2 Å². The number of hydrogen-bond acceptors (Lipinski definition) is 3. The van der Waals surface area contributed by atoms with Crippen LogP contribution in [0.5, 0.6) is 5.75 Å². The van der Waals surface area contributed by atoms with Gasteiger partial charge in [0.2, 0.25) is 0 Å². The van der Waals surface area contributed by atoms with Crippen molar-refractivity contribution in [3.05, 3.63) is 54.1 Å². The predicted molar refractivity (Wildman–Crippen MR) is 95.6 cm³/mol. The summed E-state index contributed by atoms with van der Waals surface area (Å²) in [7, 11) is 3.97. The topological polar surface area (TPSA) is 41.6 Å². The van der Waals surface area contributed by atoms with Crippen molar-refractivity contribution < 1.29 is 9.53 Å². The Balaban J connectivity index is 1.94. The fourth-order valence-corrected chi connectivity index (χ4v) is 2.08. The summed E-state index contributed by atoms with van der Waals surface area (Å²) in [5.74, 6) is 0.674. The minimum absolute atomic E-state index is 0.122. The summed E-state index contributed by atoms with van der Waals surface area (Å²) in [6, 6.07) is 15.0. The van der Waals surface area contributed by atoms with Crippen LogP contribution in [0.1, 0.15) is 30.1 Å². The van der Waals surface area contributed by atoms with Crippen molar-refractivity contribution in [2.45, 2.75) is 19.8 Å². The molecule has 0 bridgehead atoms. The number of benzene rings is 2. The van der Waals surface area contributed by atoms with Crippen molar-refractivity contribution >= 4 is 17.3 Å². The fourth-order valence-electron chi connectivity index (χ4n) is 2.08. The molecule has 4 heteroatoms. The van der Waals surface area contributed by atoms with E-state index in [9.17, 15) is 4.79 Å². The zero-order valence-electron chi connectivity index (χ0n) is 14.0. The lowest BCUT2D eigenvalue weighted by Crippen LogP contribution is -2.12. The van der Waals surface area contributed by atoms with Gasteiger partial charge in [-0.2, -0.15) is 0 Å². The molecule has 0 fully saturated rings. The first-order chi connectivity index (χ1) is 11.1. The number of nitrogens with one attached hydrogen (secondary N) is 1. The highest BCUT2D eigenvalue weighted by molar-refractivity contribution is 6.04. The number of nitrogens with zero attached hydrogens (tertiary/aromatic N) is 1. The molecule has 1 amide bonds. The van der Waals surface area contributed by atoms with Gasteiger partial charge in [-0.15, -0.1) is 0 Å². The highest BCUT2D eigenvalue weighted by Crippen LogP contribution is 2.17. The summed E-state index contributed by atoms with van der Waals surface area (Å²) in [5, 5.41) is 2.90. The SMILES string of the molecule is CCCCOc1ccc(C(=O)Nc2ccc(N(C)C)cc2)cc1. The monoisotopic (exact) mass is 312 g/mol.